The Morgan fingerprint density at radius 2 is 0.881 bits per heavy atom. The lowest BCUT2D eigenvalue weighted by Gasteiger charge is -2.28. The van der Waals surface area contributed by atoms with Crippen LogP contribution in [-0.2, 0) is 8.85 Å². The van der Waals surface area contributed by atoms with Crippen LogP contribution < -0.4 is 10.4 Å². The van der Waals surface area contributed by atoms with Crippen LogP contribution in [0.5, 0.6) is 0 Å². The fourth-order valence-electron chi connectivity index (χ4n) is 4.77. The summed E-state index contributed by atoms with van der Waals surface area (Å²) in [5.74, 6) is 0. The quantitative estimate of drug-likeness (QED) is 0.111. The molecule has 0 fully saturated rings. The summed E-state index contributed by atoms with van der Waals surface area (Å²) in [7, 11) is 0.375. The SMILES string of the molecule is C=CCC(C)(CC=C)O[Si]c1ccccc1C(=C)c1ccc(C(=C)c2ccccc2[Si]OC(C)(CC=C)CC=C)cc1. The first-order valence-electron chi connectivity index (χ1n) is 14.2. The second-order valence-electron chi connectivity index (χ2n) is 10.9. The van der Waals surface area contributed by atoms with Gasteiger partial charge in [-0.05, 0) is 83.3 Å². The second kappa shape index (κ2) is 15.6. The average molecular weight is 587 g/mol. The maximum absolute atomic E-state index is 6.42. The Labute approximate surface area is 258 Å². The van der Waals surface area contributed by atoms with Gasteiger partial charge in [0.15, 0.2) is 0 Å². The first-order valence-corrected chi connectivity index (χ1v) is 16.0. The van der Waals surface area contributed by atoms with E-state index >= 15 is 0 Å². The molecule has 0 aliphatic heterocycles. The lowest BCUT2D eigenvalue weighted by Crippen LogP contribution is -2.34. The van der Waals surface area contributed by atoms with E-state index < -0.39 is 0 Å². The molecule has 0 N–H and O–H groups in total. The van der Waals surface area contributed by atoms with Crippen molar-refractivity contribution in [3.05, 3.63) is 159 Å². The summed E-state index contributed by atoms with van der Waals surface area (Å²) >= 11 is 0. The van der Waals surface area contributed by atoms with E-state index in [1.165, 1.54) is 0 Å². The molecule has 0 unspecified atom stereocenters. The molecule has 0 atom stereocenters. The highest BCUT2D eigenvalue weighted by molar-refractivity contribution is 6.49. The predicted molar refractivity (Wildman–Crippen MR) is 185 cm³/mol. The van der Waals surface area contributed by atoms with Gasteiger partial charge in [0.2, 0.25) is 0 Å². The zero-order valence-corrected chi connectivity index (χ0v) is 27.1. The molecule has 0 saturated heterocycles. The third-order valence-electron chi connectivity index (χ3n) is 7.21. The molecule has 0 bridgehead atoms. The molecule has 214 valence electrons. The maximum atomic E-state index is 6.42. The molecular formula is C38H42O2Si2. The van der Waals surface area contributed by atoms with Crippen LogP contribution in [0.2, 0.25) is 0 Å². The Kier molecular flexibility index (Phi) is 12.3. The summed E-state index contributed by atoms with van der Waals surface area (Å²) in [6, 6.07) is 25.1. The summed E-state index contributed by atoms with van der Waals surface area (Å²) in [5.41, 5.74) is 5.59. The molecule has 42 heavy (non-hydrogen) atoms. The van der Waals surface area contributed by atoms with E-state index in [9.17, 15) is 0 Å². The molecule has 0 amide bonds. The monoisotopic (exact) mass is 586 g/mol. The second-order valence-corrected chi connectivity index (χ2v) is 12.8. The summed E-state index contributed by atoms with van der Waals surface area (Å²) in [6.45, 7) is 28.7. The molecule has 0 saturated carbocycles. The zero-order valence-electron chi connectivity index (χ0n) is 25.1. The van der Waals surface area contributed by atoms with Crippen LogP contribution in [0.25, 0.3) is 11.1 Å². The van der Waals surface area contributed by atoms with Gasteiger partial charge in [-0.3, -0.25) is 0 Å². The van der Waals surface area contributed by atoms with Crippen molar-refractivity contribution >= 4 is 41.0 Å². The van der Waals surface area contributed by atoms with Crippen molar-refractivity contribution in [2.45, 2.75) is 50.7 Å². The summed E-state index contributed by atoms with van der Waals surface area (Å²) in [6.07, 6.45) is 10.7. The molecule has 0 heterocycles. The van der Waals surface area contributed by atoms with Gasteiger partial charge < -0.3 is 8.85 Å². The van der Waals surface area contributed by atoms with Crippen molar-refractivity contribution in [3.63, 3.8) is 0 Å². The van der Waals surface area contributed by atoms with Crippen molar-refractivity contribution in [3.8, 4) is 0 Å². The van der Waals surface area contributed by atoms with E-state index in [1.807, 2.05) is 48.6 Å². The van der Waals surface area contributed by atoms with Crippen LogP contribution in [0.15, 0.2) is 137 Å². The van der Waals surface area contributed by atoms with Gasteiger partial charge in [0.1, 0.15) is 0 Å². The standard InChI is InChI=1S/C38H42O2Si2/c1-9-25-37(7,26-10-2)39-41-35-19-15-13-17-33(35)29(5)31-21-23-32(24-22-31)30(6)34-18-14-16-20-36(34)42-40-38(8,27-11-3)28-12-4/h9-24H,1-6,25-28H2,7-8H3. The molecule has 0 aromatic heterocycles. The minimum absolute atomic E-state index is 0.188. The Bertz CT molecular complexity index is 1290. The van der Waals surface area contributed by atoms with Crippen LogP contribution in [0.1, 0.15) is 61.8 Å². The summed E-state index contributed by atoms with van der Waals surface area (Å²) in [4.78, 5) is 0. The van der Waals surface area contributed by atoms with E-state index in [0.29, 0.717) is 0 Å². The topological polar surface area (TPSA) is 18.5 Å². The third-order valence-corrected chi connectivity index (χ3v) is 9.71. The van der Waals surface area contributed by atoms with Crippen molar-refractivity contribution in [2.24, 2.45) is 0 Å². The largest absolute Gasteiger partial charge is 0.406 e. The van der Waals surface area contributed by atoms with Gasteiger partial charge >= 0.3 is 0 Å². The number of benzene rings is 3. The lowest BCUT2D eigenvalue weighted by molar-refractivity contribution is 0.104. The summed E-state index contributed by atoms with van der Waals surface area (Å²) < 4.78 is 12.8. The first-order chi connectivity index (χ1) is 20.2. The molecule has 4 radical (unpaired) electrons. The molecule has 0 spiro atoms. The number of hydrogen-bond acceptors (Lipinski definition) is 2. The van der Waals surface area contributed by atoms with Crippen molar-refractivity contribution in [1.29, 1.82) is 0 Å². The summed E-state index contributed by atoms with van der Waals surface area (Å²) in [5, 5.41) is 2.26. The van der Waals surface area contributed by atoms with Gasteiger partial charge in [0.25, 0.3) is 19.5 Å². The van der Waals surface area contributed by atoms with Crippen LogP contribution in [-0.4, -0.2) is 30.7 Å². The fourth-order valence-corrected chi connectivity index (χ4v) is 6.83. The molecule has 4 heteroatoms. The van der Waals surface area contributed by atoms with Crippen molar-refractivity contribution < 1.29 is 8.85 Å². The van der Waals surface area contributed by atoms with Crippen LogP contribution >= 0.6 is 0 Å². The van der Waals surface area contributed by atoms with Gasteiger partial charge in [-0.2, -0.15) is 0 Å². The first kappa shape index (κ1) is 33.0. The maximum Gasteiger partial charge on any atom is 0.270 e. The predicted octanol–water partition coefficient (Wildman–Crippen LogP) is 8.15. The molecule has 0 aliphatic rings. The minimum atomic E-state index is -0.323. The van der Waals surface area contributed by atoms with Crippen LogP contribution in [0.3, 0.4) is 0 Å². The molecule has 0 aliphatic carbocycles. The average Bonchev–Trinajstić information content (AvgIpc) is 2.99. The third kappa shape index (κ3) is 8.73. The number of rotatable bonds is 18. The zero-order chi connectivity index (χ0) is 30.6. The highest BCUT2D eigenvalue weighted by Gasteiger charge is 2.24. The van der Waals surface area contributed by atoms with E-state index in [-0.39, 0.29) is 30.7 Å². The van der Waals surface area contributed by atoms with Gasteiger partial charge in [-0.25, -0.2) is 0 Å². The number of hydrogen-bond donors (Lipinski definition) is 0. The van der Waals surface area contributed by atoms with Crippen LogP contribution in [0, 0.1) is 0 Å². The van der Waals surface area contributed by atoms with Gasteiger partial charge in [0.05, 0.1) is 11.2 Å². The van der Waals surface area contributed by atoms with E-state index in [4.69, 9.17) is 8.85 Å². The molecule has 3 aromatic carbocycles. The van der Waals surface area contributed by atoms with Crippen molar-refractivity contribution in [1.82, 2.24) is 0 Å². The molecule has 2 nitrogen and oxygen atoms in total. The van der Waals surface area contributed by atoms with E-state index in [1.54, 1.807) is 0 Å². The fraction of sp³-hybridized carbons (Fsp3) is 0.211. The van der Waals surface area contributed by atoms with Gasteiger partial charge in [0, 0.05) is 0 Å². The van der Waals surface area contributed by atoms with Gasteiger partial charge in [-0.15, -0.1) is 26.3 Å². The van der Waals surface area contributed by atoms with Gasteiger partial charge in [-0.1, -0.05) is 110 Å². The normalized spacial score (nSPS) is 11.5. The lowest BCUT2D eigenvalue weighted by atomic mass is 9.95. The van der Waals surface area contributed by atoms with E-state index in [0.717, 1.165) is 69.5 Å². The van der Waals surface area contributed by atoms with E-state index in [2.05, 4.69) is 102 Å². The Morgan fingerprint density at radius 3 is 1.19 bits per heavy atom. The Hall–Kier alpha value is -3.55. The highest BCUT2D eigenvalue weighted by Crippen LogP contribution is 2.27. The molecule has 3 rings (SSSR count). The van der Waals surface area contributed by atoms with Crippen molar-refractivity contribution in [2.75, 3.05) is 0 Å². The molecule has 3 aromatic rings. The molecular weight excluding hydrogens is 545 g/mol. The minimum Gasteiger partial charge on any atom is -0.406 e. The smallest absolute Gasteiger partial charge is 0.270 e. The van der Waals surface area contributed by atoms with Crippen LogP contribution in [0.4, 0.5) is 0 Å². The Morgan fingerprint density at radius 1 is 0.571 bits per heavy atom. The highest BCUT2D eigenvalue weighted by atomic mass is 28.2. The Balaban J connectivity index is 1.78.